The van der Waals surface area contributed by atoms with E-state index < -0.39 is 0 Å². The van der Waals surface area contributed by atoms with Gasteiger partial charge in [-0.05, 0) is 42.5 Å². The largest absolute Gasteiger partial charge is 0.454 e. The molecule has 0 aliphatic carbocycles. The summed E-state index contributed by atoms with van der Waals surface area (Å²) in [6, 6.07) is 12.2. The number of carbonyl (C=O) groups is 1. The molecule has 0 bridgehead atoms. The lowest BCUT2D eigenvalue weighted by molar-refractivity contribution is 0.102. The molecule has 4 rings (SSSR count). The van der Waals surface area contributed by atoms with Crippen LogP contribution in [0.25, 0.3) is 11.5 Å². The molecule has 2 heterocycles. The molecular formula is C17H11ClN2O4S. The van der Waals surface area contributed by atoms with Gasteiger partial charge in [0.15, 0.2) is 17.3 Å². The Labute approximate surface area is 152 Å². The first kappa shape index (κ1) is 16.0. The number of ketones is 1. The zero-order valence-electron chi connectivity index (χ0n) is 12.8. The molecule has 1 aliphatic heterocycles. The minimum Gasteiger partial charge on any atom is -0.454 e. The number of rotatable bonds is 5. The predicted octanol–water partition coefficient (Wildman–Crippen LogP) is 4.09. The monoisotopic (exact) mass is 374 g/mol. The molecule has 1 aromatic heterocycles. The molecule has 0 N–H and O–H groups in total. The minimum absolute atomic E-state index is 0.0606. The quantitative estimate of drug-likeness (QED) is 0.491. The second kappa shape index (κ2) is 6.78. The topological polar surface area (TPSA) is 74.5 Å². The van der Waals surface area contributed by atoms with Crippen LogP contribution in [0.4, 0.5) is 0 Å². The Morgan fingerprint density at radius 3 is 2.72 bits per heavy atom. The smallest absolute Gasteiger partial charge is 0.277 e. The zero-order chi connectivity index (χ0) is 17.2. The van der Waals surface area contributed by atoms with Gasteiger partial charge in [0, 0.05) is 16.1 Å². The fourth-order valence-corrected chi connectivity index (χ4v) is 3.04. The summed E-state index contributed by atoms with van der Waals surface area (Å²) in [5, 5.41) is 8.90. The first-order chi connectivity index (χ1) is 12.2. The fourth-order valence-electron chi connectivity index (χ4n) is 2.26. The van der Waals surface area contributed by atoms with Gasteiger partial charge in [-0.15, -0.1) is 10.2 Å². The Kier molecular flexibility index (Phi) is 4.33. The second-order valence-corrected chi connectivity index (χ2v) is 6.52. The molecule has 25 heavy (non-hydrogen) atoms. The van der Waals surface area contributed by atoms with Gasteiger partial charge in [0.25, 0.3) is 5.22 Å². The molecule has 0 saturated carbocycles. The molecule has 0 fully saturated rings. The highest BCUT2D eigenvalue weighted by Crippen LogP contribution is 2.33. The normalized spacial score (nSPS) is 12.4. The number of fused-ring (bicyclic) bond motifs is 1. The highest BCUT2D eigenvalue weighted by Gasteiger charge is 2.17. The molecule has 2 aromatic carbocycles. The van der Waals surface area contributed by atoms with Crippen LogP contribution in [0, 0.1) is 0 Å². The third kappa shape index (κ3) is 3.47. The van der Waals surface area contributed by atoms with Crippen molar-refractivity contribution in [3.63, 3.8) is 0 Å². The Bertz CT molecular complexity index is 927. The summed E-state index contributed by atoms with van der Waals surface area (Å²) >= 11 is 7.04. The predicted molar refractivity (Wildman–Crippen MR) is 92.4 cm³/mol. The van der Waals surface area contributed by atoms with E-state index in [1.807, 2.05) is 0 Å². The van der Waals surface area contributed by atoms with Crippen LogP contribution >= 0.6 is 23.4 Å². The van der Waals surface area contributed by atoms with Gasteiger partial charge in [-0.1, -0.05) is 23.4 Å². The molecule has 3 aromatic rings. The molecule has 0 spiro atoms. The van der Waals surface area contributed by atoms with E-state index in [2.05, 4.69) is 10.2 Å². The van der Waals surface area contributed by atoms with Crippen molar-refractivity contribution >= 4 is 29.1 Å². The molecule has 0 amide bonds. The molecule has 0 radical (unpaired) electrons. The molecule has 126 valence electrons. The summed E-state index contributed by atoms with van der Waals surface area (Å²) in [5.41, 5.74) is 1.32. The van der Waals surface area contributed by atoms with Crippen molar-refractivity contribution in [2.24, 2.45) is 0 Å². The Morgan fingerprint density at radius 2 is 1.88 bits per heavy atom. The second-order valence-electron chi connectivity index (χ2n) is 5.16. The molecule has 0 unspecified atom stereocenters. The lowest BCUT2D eigenvalue weighted by Crippen LogP contribution is -2.02. The first-order valence-corrected chi connectivity index (χ1v) is 8.70. The van der Waals surface area contributed by atoms with E-state index in [-0.39, 0.29) is 18.3 Å². The highest BCUT2D eigenvalue weighted by atomic mass is 35.5. The fraction of sp³-hybridized carbons (Fsp3) is 0.118. The number of hydrogen-bond donors (Lipinski definition) is 0. The van der Waals surface area contributed by atoms with E-state index in [9.17, 15) is 4.79 Å². The van der Waals surface area contributed by atoms with Gasteiger partial charge in [0.1, 0.15) is 0 Å². The summed E-state index contributed by atoms with van der Waals surface area (Å²) in [4.78, 5) is 12.3. The molecule has 6 nitrogen and oxygen atoms in total. The third-order valence-electron chi connectivity index (χ3n) is 3.52. The van der Waals surface area contributed by atoms with Crippen molar-refractivity contribution in [1.82, 2.24) is 10.2 Å². The SMILES string of the molecule is O=C(CSc1nnc(-c2ccc(Cl)cc2)o1)c1ccc2c(c1)OCO2. The van der Waals surface area contributed by atoms with Gasteiger partial charge in [-0.2, -0.15) is 0 Å². The Balaban J connectivity index is 1.41. The van der Waals surface area contributed by atoms with Crippen LogP contribution in [-0.2, 0) is 0 Å². The van der Waals surface area contributed by atoms with Gasteiger partial charge >= 0.3 is 0 Å². The number of aromatic nitrogens is 2. The first-order valence-electron chi connectivity index (χ1n) is 7.34. The Hall–Kier alpha value is -2.51. The van der Waals surface area contributed by atoms with E-state index in [0.717, 1.165) is 5.56 Å². The van der Waals surface area contributed by atoms with E-state index >= 15 is 0 Å². The summed E-state index contributed by atoms with van der Waals surface area (Å²) in [6.07, 6.45) is 0. The van der Waals surface area contributed by atoms with Crippen LogP contribution in [0.1, 0.15) is 10.4 Å². The van der Waals surface area contributed by atoms with Gasteiger partial charge in [0.2, 0.25) is 12.7 Å². The lowest BCUT2D eigenvalue weighted by Gasteiger charge is -2.01. The summed E-state index contributed by atoms with van der Waals surface area (Å²) in [6.45, 7) is 0.178. The van der Waals surface area contributed by atoms with Gasteiger partial charge < -0.3 is 13.9 Å². The van der Waals surface area contributed by atoms with Crippen LogP contribution in [0.3, 0.4) is 0 Å². The van der Waals surface area contributed by atoms with Crippen molar-refractivity contribution < 1.29 is 18.7 Å². The van der Waals surface area contributed by atoms with Gasteiger partial charge in [-0.3, -0.25) is 4.79 Å². The molecular weight excluding hydrogens is 364 g/mol. The summed E-state index contributed by atoms with van der Waals surface area (Å²) in [7, 11) is 0. The van der Waals surface area contributed by atoms with Gasteiger partial charge in [0.05, 0.1) is 5.75 Å². The molecule has 0 saturated heterocycles. The van der Waals surface area contributed by atoms with Crippen LogP contribution in [0.15, 0.2) is 52.1 Å². The van der Waals surface area contributed by atoms with Crippen LogP contribution in [0.2, 0.25) is 5.02 Å². The third-order valence-corrected chi connectivity index (χ3v) is 4.59. The average molecular weight is 375 g/mol. The van der Waals surface area contributed by atoms with E-state index in [0.29, 0.717) is 33.2 Å². The van der Waals surface area contributed by atoms with Gasteiger partial charge in [-0.25, -0.2) is 0 Å². The Morgan fingerprint density at radius 1 is 1.08 bits per heavy atom. The van der Waals surface area contributed by atoms with Crippen molar-refractivity contribution in [2.45, 2.75) is 5.22 Å². The number of ether oxygens (including phenoxy) is 2. The number of nitrogens with zero attached hydrogens (tertiary/aromatic N) is 2. The van der Waals surface area contributed by atoms with Crippen molar-refractivity contribution in [3.8, 4) is 23.0 Å². The number of hydrogen-bond acceptors (Lipinski definition) is 7. The number of benzene rings is 2. The molecule has 8 heteroatoms. The maximum Gasteiger partial charge on any atom is 0.277 e. The van der Waals surface area contributed by atoms with E-state index in [1.54, 1.807) is 42.5 Å². The molecule has 0 atom stereocenters. The van der Waals surface area contributed by atoms with Crippen molar-refractivity contribution in [2.75, 3.05) is 12.5 Å². The number of carbonyl (C=O) groups excluding carboxylic acids is 1. The number of thioether (sulfide) groups is 1. The van der Waals surface area contributed by atoms with E-state index in [4.69, 9.17) is 25.5 Å². The minimum atomic E-state index is -0.0606. The zero-order valence-corrected chi connectivity index (χ0v) is 14.3. The van der Waals surface area contributed by atoms with Crippen molar-refractivity contribution in [3.05, 3.63) is 53.1 Å². The van der Waals surface area contributed by atoms with E-state index in [1.165, 1.54) is 11.8 Å². The lowest BCUT2D eigenvalue weighted by atomic mass is 10.1. The van der Waals surface area contributed by atoms with Crippen molar-refractivity contribution in [1.29, 1.82) is 0 Å². The van der Waals surface area contributed by atoms with Crippen LogP contribution in [-0.4, -0.2) is 28.5 Å². The highest BCUT2D eigenvalue weighted by molar-refractivity contribution is 7.99. The standard InChI is InChI=1S/C17H11ClN2O4S/c18-12-4-1-10(2-5-12)16-19-20-17(24-16)25-8-13(21)11-3-6-14-15(7-11)23-9-22-14/h1-7H,8-9H2. The molecule has 1 aliphatic rings. The summed E-state index contributed by atoms with van der Waals surface area (Å²) in [5.74, 6) is 1.73. The average Bonchev–Trinajstić information content (AvgIpc) is 3.29. The number of Topliss-reactive ketones (excluding diaryl/α,β-unsaturated/α-hetero) is 1. The number of halogens is 1. The van der Waals surface area contributed by atoms with Crippen LogP contribution < -0.4 is 9.47 Å². The van der Waals surface area contributed by atoms with Crippen LogP contribution in [0.5, 0.6) is 11.5 Å². The maximum atomic E-state index is 12.3. The summed E-state index contributed by atoms with van der Waals surface area (Å²) < 4.78 is 16.1. The maximum absolute atomic E-state index is 12.3.